The Labute approximate surface area is 310 Å². The van der Waals surface area contributed by atoms with Crippen molar-refractivity contribution in [3.8, 4) is 5.75 Å². The van der Waals surface area contributed by atoms with E-state index in [1.54, 1.807) is 12.1 Å². The van der Waals surface area contributed by atoms with Crippen molar-refractivity contribution in [1.82, 2.24) is 26.6 Å². The van der Waals surface area contributed by atoms with Gasteiger partial charge in [-0.3, -0.25) is 38.6 Å². The summed E-state index contributed by atoms with van der Waals surface area (Å²) < 4.78 is 4.79. The number of ether oxygens (including phenoxy) is 1. The first kappa shape index (κ1) is 43.9. The highest BCUT2D eigenvalue weighted by molar-refractivity contribution is 5.97. The third-order valence-electron chi connectivity index (χ3n) is 8.45. The average molecular weight is 745 g/mol. The summed E-state index contributed by atoms with van der Waals surface area (Å²) >= 11 is 0. The van der Waals surface area contributed by atoms with Crippen LogP contribution in [0.15, 0.2) is 29.3 Å². The number of nitrogens with two attached hydrogens (primary N) is 2. The van der Waals surface area contributed by atoms with Crippen molar-refractivity contribution < 1.29 is 43.4 Å². The fourth-order valence-electron chi connectivity index (χ4n) is 5.53. The van der Waals surface area contributed by atoms with Crippen LogP contribution in [-0.4, -0.2) is 96.7 Å². The Morgan fingerprint density at radius 1 is 0.868 bits per heavy atom. The van der Waals surface area contributed by atoms with Gasteiger partial charge in [0.2, 0.25) is 29.5 Å². The first-order valence-electron chi connectivity index (χ1n) is 18.0. The number of aliphatic imine (C=N–C) groups is 1. The number of nitrogens with one attached hydrogen (secondary N) is 5. The Hall–Kier alpha value is -5.22. The lowest BCUT2D eigenvalue weighted by molar-refractivity contribution is -0.136. The maximum absolute atomic E-state index is 13.9. The van der Waals surface area contributed by atoms with Crippen LogP contribution in [0.1, 0.15) is 90.5 Å². The fraction of sp³-hybridized carbons (Fsp3) is 0.611. The Bertz CT molecular complexity index is 1420. The van der Waals surface area contributed by atoms with E-state index in [0.717, 1.165) is 12.8 Å². The zero-order valence-corrected chi connectivity index (χ0v) is 30.9. The van der Waals surface area contributed by atoms with Crippen LogP contribution in [0.3, 0.4) is 0 Å². The molecular weight excluding hydrogens is 688 g/mol. The SMILES string of the molecule is CC(C)(C)CCCC(=O)NCCCC[C@H]1NC(=O)[C@@H](CCCN=C(N)N)NC(=O)CCC(=O)[C@@H](COC=O)NC(=O)[C@H](Cc2ccc(O)cc2)NC1=O. The predicted molar refractivity (Wildman–Crippen MR) is 196 cm³/mol. The number of phenols is 1. The normalized spacial score (nSPS) is 20.4. The Morgan fingerprint density at radius 3 is 2.11 bits per heavy atom. The van der Waals surface area contributed by atoms with Gasteiger partial charge in [0.1, 0.15) is 36.5 Å². The number of rotatable bonds is 17. The number of phenolic OH excluding ortho intramolecular Hbond substituents is 1. The molecule has 0 unspecified atom stereocenters. The van der Waals surface area contributed by atoms with Crippen LogP contribution in [0.2, 0.25) is 0 Å². The number of unbranched alkanes of at least 4 members (excludes halogenated alkanes) is 1. The molecule has 17 heteroatoms. The minimum atomic E-state index is -1.33. The average Bonchev–Trinajstić information content (AvgIpc) is 3.09. The Morgan fingerprint density at radius 2 is 1.47 bits per heavy atom. The van der Waals surface area contributed by atoms with E-state index < -0.39 is 60.2 Å². The molecule has 0 bridgehead atoms. The quantitative estimate of drug-likeness (QED) is 0.0454. The highest BCUT2D eigenvalue weighted by atomic mass is 16.5. The molecule has 1 saturated heterocycles. The standard InChI is InChI=1S/C36H56N8O9/c1-36(2,3)17-6-10-30(48)39-18-5-4-8-26-33(51)43-27(20-23-11-13-24(46)14-12-23)34(52)44-28(21-53-22-45)29(47)15-16-31(49)41-25(32(50)42-26)9-7-19-40-35(37)38/h11-14,22,25-28,46H,4-10,15-21H2,1-3H3,(H,39,48)(H,41,49)(H,42,50)(H,43,51)(H,44,52)(H4,37,38,40)/t25-,26-,27+,28-/m1/s1. The number of hydrogen-bond acceptors (Lipinski definition) is 10. The second kappa shape index (κ2) is 22.7. The summed E-state index contributed by atoms with van der Waals surface area (Å²) in [7, 11) is 0. The van der Waals surface area contributed by atoms with Crippen molar-refractivity contribution in [3.63, 3.8) is 0 Å². The number of carbonyl (C=O) groups excluding carboxylic acids is 7. The van der Waals surface area contributed by atoms with Crippen LogP contribution in [0.4, 0.5) is 0 Å². The van der Waals surface area contributed by atoms with Crippen molar-refractivity contribution >= 4 is 47.8 Å². The van der Waals surface area contributed by atoms with E-state index >= 15 is 0 Å². The number of guanidine groups is 1. The van der Waals surface area contributed by atoms with Gasteiger partial charge in [-0.2, -0.15) is 0 Å². The molecule has 0 saturated carbocycles. The number of amides is 5. The molecule has 0 aliphatic carbocycles. The van der Waals surface area contributed by atoms with E-state index in [0.29, 0.717) is 37.8 Å². The Kier molecular flexibility index (Phi) is 18.8. The molecule has 1 aliphatic heterocycles. The molecular formula is C36H56N8O9. The molecule has 1 heterocycles. The van der Waals surface area contributed by atoms with E-state index in [1.165, 1.54) is 12.1 Å². The molecule has 5 amide bonds. The first-order chi connectivity index (χ1) is 25.1. The monoisotopic (exact) mass is 744 g/mol. The summed E-state index contributed by atoms with van der Waals surface area (Å²) in [6.07, 6.45) is 2.68. The molecule has 53 heavy (non-hydrogen) atoms. The number of benzene rings is 1. The molecule has 0 radical (unpaired) electrons. The second-order valence-electron chi connectivity index (χ2n) is 14.3. The molecule has 17 nitrogen and oxygen atoms in total. The summed E-state index contributed by atoms with van der Waals surface area (Å²) in [5.41, 5.74) is 11.5. The topological polar surface area (TPSA) is 273 Å². The van der Waals surface area contributed by atoms with Crippen LogP contribution in [-0.2, 0) is 44.7 Å². The second-order valence-corrected chi connectivity index (χ2v) is 14.3. The number of Topliss-reactive ketones (excluding diaryl/α,β-unsaturated/α-hetero) is 1. The van der Waals surface area contributed by atoms with E-state index in [2.05, 4.69) is 52.3 Å². The molecule has 10 N–H and O–H groups in total. The van der Waals surface area contributed by atoms with Crippen LogP contribution in [0.25, 0.3) is 0 Å². The minimum absolute atomic E-state index is 0.0131. The van der Waals surface area contributed by atoms with E-state index in [1.807, 2.05) is 0 Å². The summed E-state index contributed by atoms with van der Waals surface area (Å²) in [6.45, 7) is 6.45. The van der Waals surface area contributed by atoms with Crippen molar-refractivity contribution in [1.29, 1.82) is 0 Å². The zero-order chi connectivity index (χ0) is 39.4. The molecule has 0 aromatic heterocycles. The molecule has 1 aliphatic rings. The highest BCUT2D eigenvalue weighted by Crippen LogP contribution is 2.21. The molecule has 294 valence electrons. The number of nitrogens with zero attached hydrogens (tertiary/aromatic N) is 1. The first-order valence-corrected chi connectivity index (χ1v) is 18.0. The summed E-state index contributed by atoms with van der Waals surface area (Å²) in [6, 6.07) is 1.04. The van der Waals surface area contributed by atoms with E-state index in [9.17, 15) is 38.7 Å². The van der Waals surface area contributed by atoms with Gasteiger partial charge in [-0.15, -0.1) is 0 Å². The van der Waals surface area contributed by atoms with Gasteiger partial charge in [0.05, 0.1) is 0 Å². The van der Waals surface area contributed by atoms with E-state index in [4.69, 9.17) is 16.2 Å². The van der Waals surface area contributed by atoms with Gasteiger partial charge in [-0.1, -0.05) is 32.9 Å². The molecule has 1 aromatic rings. The molecule has 0 spiro atoms. The van der Waals surface area contributed by atoms with Gasteiger partial charge in [0.15, 0.2) is 11.7 Å². The van der Waals surface area contributed by atoms with E-state index in [-0.39, 0.29) is 68.2 Å². The maximum Gasteiger partial charge on any atom is 0.293 e. The maximum atomic E-state index is 13.9. The highest BCUT2D eigenvalue weighted by Gasteiger charge is 2.32. The molecule has 2 rings (SSSR count). The van der Waals surface area contributed by atoms with Crippen molar-refractivity contribution in [2.75, 3.05) is 19.7 Å². The lowest BCUT2D eigenvalue weighted by Crippen LogP contribution is -2.58. The number of ketones is 1. The third kappa shape index (κ3) is 18.2. The number of carbonyl (C=O) groups is 7. The Balaban J connectivity index is 2.35. The lowest BCUT2D eigenvalue weighted by atomic mass is 9.90. The fourth-order valence-corrected chi connectivity index (χ4v) is 5.53. The van der Waals surface area contributed by atoms with Crippen LogP contribution >= 0.6 is 0 Å². The molecule has 4 atom stereocenters. The largest absolute Gasteiger partial charge is 0.508 e. The van der Waals surface area contributed by atoms with Gasteiger partial charge in [-0.25, -0.2) is 0 Å². The van der Waals surface area contributed by atoms with Crippen LogP contribution < -0.4 is 38.1 Å². The minimum Gasteiger partial charge on any atom is -0.508 e. The van der Waals surface area contributed by atoms with Gasteiger partial charge in [0, 0.05) is 38.8 Å². The molecule has 1 fully saturated rings. The summed E-state index contributed by atoms with van der Waals surface area (Å²) in [4.78, 5) is 94.6. The van der Waals surface area contributed by atoms with Crippen molar-refractivity contribution in [2.24, 2.45) is 21.9 Å². The van der Waals surface area contributed by atoms with Crippen LogP contribution in [0.5, 0.6) is 5.75 Å². The summed E-state index contributed by atoms with van der Waals surface area (Å²) in [5.74, 6) is -3.66. The zero-order valence-electron chi connectivity index (χ0n) is 30.9. The van der Waals surface area contributed by atoms with Crippen LogP contribution in [0, 0.1) is 5.41 Å². The van der Waals surface area contributed by atoms with Gasteiger partial charge < -0.3 is 47.9 Å². The number of hydrogen-bond donors (Lipinski definition) is 8. The van der Waals surface area contributed by atoms with Crippen molar-refractivity contribution in [3.05, 3.63) is 29.8 Å². The molecule has 1 aromatic carbocycles. The lowest BCUT2D eigenvalue weighted by Gasteiger charge is -2.26. The number of aromatic hydroxyl groups is 1. The predicted octanol–water partition coefficient (Wildman–Crippen LogP) is -0.0337. The van der Waals surface area contributed by atoms with Gasteiger partial charge >= 0.3 is 0 Å². The summed E-state index contributed by atoms with van der Waals surface area (Å²) in [5, 5.41) is 23.2. The smallest absolute Gasteiger partial charge is 0.293 e. The van der Waals surface area contributed by atoms with Gasteiger partial charge in [0.25, 0.3) is 6.47 Å². The van der Waals surface area contributed by atoms with Gasteiger partial charge in [-0.05, 0) is 68.1 Å². The third-order valence-corrected chi connectivity index (χ3v) is 8.45. The van der Waals surface area contributed by atoms with Crippen molar-refractivity contribution in [2.45, 2.75) is 116 Å².